The van der Waals surface area contributed by atoms with Crippen LogP contribution >= 0.6 is 0 Å². The van der Waals surface area contributed by atoms with E-state index >= 15 is 0 Å². The van der Waals surface area contributed by atoms with Crippen LogP contribution in [0.4, 0.5) is 0 Å². The molecule has 0 bridgehead atoms. The number of benzene rings is 2. The molecule has 1 aliphatic carbocycles. The second-order valence-electron chi connectivity index (χ2n) is 12.4. The van der Waals surface area contributed by atoms with Crippen molar-refractivity contribution in [3.63, 3.8) is 0 Å². The van der Waals surface area contributed by atoms with Crippen LogP contribution in [-0.2, 0) is 5.41 Å². The highest BCUT2D eigenvalue weighted by atomic mass is 14.4. The van der Waals surface area contributed by atoms with E-state index in [4.69, 9.17) is 0 Å². The number of aryl methyl sites for hydroxylation is 2. The van der Waals surface area contributed by atoms with Crippen LogP contribution in [0.25, 0.3) is 11.1 Å². The van der Waals surface area contributed by atoms with Crippen molar-refractivity contribution in [1.82, 2.24) is 0 Å². The number of hydrogen-bond acceptors (Lipinski definition) is 0. The van der Waals surface area contributed by atoms with Crippen LogP contribution in [0.5, 0.6) is 0 Å². The molecule has 1 heterocycles. The van der Waals surface area contributed by atoms with Gasteiger partial charge in [-0.1, -0.05) is 123 Å². The zero-order valence-electron chi connectivity index (χ0n) is 24.5. The molecule has 0 saturated carbocycles. The lowest BCUT2D eigenvalue weighted by Crippen LogP contribution is -2.33. The third kappa shape index (κ3) is 5.45. The highest BCUT2D eigenvalue weighted by Crippen LogP contribution is 2.47. The van der Waals surface area contributed by atoms with Crippen LogP contribution in [0.2, 0.25) is 12.6 Å². The first kappa shape index (κ1) is 27.3. The highest BCUT2D eigenvalue weighted by molar-refractivity contribution is 6.74. The van der Waals surface area contributed by atoms with E-state index in [2.05, 4.69) is 128 Å². The first-order valence-electron chi connectivity index (χ1n) is 14.3. The molecule has 2 aromatic carbocycles. The van der Waals surface area contributed by atoms with Crippen molar-refractivity contribution in [2.75, 3.05) is 0 Å². The van der Waals surface area contributed by atoms with Gasteiger partial charge >= 0.3 is 0 Å². The quantitative estimate of drug-likeness (QED) is 0.291. The van der Waals surface area contributed by atoms with Crippen molar-refractivity contribution in [1.29, 1.82) is 0 Å². The Morgan fingerprint density at radius 1 is 1.11 bits per heavy atom. The second-order valence-corrected chi connectivity index (χ2v) is 12.4. The molecular weight excluding hydrogens is 443 g/mol. The Balaban J connectivity index is 1.98. The van der Waals surface area contributed by atoms with Crippen LogP contribution in [0.3, 0.4) is 0 Å². The van der Waals surface area contributed by atoms with Crippen LogP contribution < -0.4 is 5.46 Å². The van der Waals surface area contributed by atoms with Crippen LogP contribution in [-0.4, -0.2) is 6.71 Å². The molecule has 0 nitrogen and oxygen atoms in total. The van der Waals surface area contributed by atoms with E-state index in [0.717, 1.165) is 25.2 Å². The molecule has 0 radical (unpaired) electrons. The minimum absolute atomic E-state index is 0.248. The Hall–Kier alpha value is -2.72. The highest BCUT2D eigenvalue weighted by Gasteiger charge is 2.41. The molecule has 1 saturated heterocycles. The van der Waals surface area contributed by atoms with E-state index in [9.17, 15) is 0 Å². The van der Waals surface area contributed by atoms with E-state index in [1.807, 2.05) is 0 Å². The van der Waals surface area contributed by atoms with Crippen molar-refractivity contribution >= 4 is 12.2 Å². The molecule has 0 spiro atoms. The fourth-order valence-electron chi connectivity index (χ4n) is 6.48. The third-order valence-corrected chi connectivity index (χ3v) is 9.40. The summed E-state index contributed by atoms with van der Waals surface area (Å²) in [7, 11) is 0. The second kappa shape index (κ2) is 11.0. The monoisotopic (exact) mass is 488 g/mol. The average Bonchev–Trinajstić information content (AvgIpc) is 3.16. The summed E-state index contributed by atoms with van der Waals surface area (Å²) in [6.45, 7) is 19.2. The van der Waals surface area contributed by atoms with Crippen molar-refractivity contribution < 1.29 is 0 Å². The molecule has 1 aliphatic heterocycles. The smallest absolute Gasteiger partial charge is 0.0988 e. The number of rotatable bonds is 5. The molecule has 2 unspecified atom stereocenters. The van der Waals surface area contributed by atoms with Crippen LogP contribution in [0, 0.1) is 37.0 Å². The van der Waals surface area contributed by atoms with Gasteiger partial charge in [0.15, 0.2) is 6.71 Å². The largest absolute Gasteiger partial charge is 0.176 e. The average molecular weight is 489 g/mol. The summed E-state index contributed by atoms with van der Waals surface area (Å²) in [6, 6.07) is 14.3. The standard InChI is InChI=1S/C36H45B/c1-9-10-12-15-28(4)36(8,30-16-13-11-14-17-30)34-23-31(37-24-29(5)35(6,7)25-37)19-21-33(34)32-20-18-26(2)22-27(32)3/h13,15-23,29H,9,11,14,24-25H2,1-8H3/b28-15+. The summed E-state index contributed by atoms with van der Waals surface area (Å²) < 4.78 is 0. The maximum Gasteiger partial charge on any atom is 0.176 e. The molecule has 2 aromatic rings. The lowest BCUT2D eigenvalue weighted by Gasteiger charge is -2.37. The topological polar surface area (TPSA) is 0 Å². The maximum atomic E-state index is 3.35. The number of hydrogen-bond donors (Lipinski definition) is 0. The van der Waals surface area contributed by atoms with E-state index in [1.54, 1.807) is 0 Å². The molecule has 1 heteroatoms. The summed E-state index contributed by atoms with van der Waals surface area (Å²) in [6.07, 6.45) is 15.0. The fraction of sp³-hybridized carbons (Fsp3) is 0.444. The summed E-state index contributed by atoms with van der Waals surface area (Å²) >= 11 is 0. The van der Waals surface area contributed by atoms with Gasteiger partial charge in [-0.15, -0.1) is 0 Å². The Morgan fingerprint density at radius 3 is 2.49 bits per heavy atom. The molecule has 0 aromatic heterocycles. The molecule has 1 fully saturated rings. The van der Waals surface area contributed by atoms with E-state index in [1.165, 1.54) is 57.1 Å². The number of allylic oxidation sites excluding steroid dienone is 6. The minimum atomic E-state index is -0.248. The first-order chi connectivity index (χ1) is 17.6. The van der Waals surface area contributed by atoms with Gasteiger partial charge in [-0.3, -0.25) is 0 Å². The molecule has 2 atom stereocenters. The molecule has 4 rings (SSSR count). The van der Waals surface area contributed by atoms with Gasteiger partial charge in [0.05, 0.1) is 0 Å². The molecule has 192 valence electrons. The van der Waals surface area contributed by atoms with Gasteiger partial charge in [0.1, 0.15) is 0 Å². The minimum Gasteiger partial charge on any atom is -0.0988 e. The van der Waals surface area contributed by atoms with Crippen molar-refractivity contribution in [3.05, 3.63) is 88.5 Å². The Bertz CT molecular complexity index is 1310. The van der Waals surface area contributed by atoms with Crippen molar-refractivity contribution in [3.8, 4) is 23.0 Å². The normalized spacial score (nSPS) is 20.8. The fourth-order valence-corrected chi connectivity index (χ4v) is 6.48. The third-order valence-electron chi connectivity index (χ3n) is 9.40. The van der Waals surface area contributed by atoms with Crippen molar-refractivity contribution in [2.24, 2.45) is 11.3 Å². The van der Waals surface area contributed by atoms with E-state index < -0.39 is 0 Å². The van der Waals surface area contributed by atoms with E-state index in [-0.39, 0.29) is 5.41 Å². The summed E-state index contributed by atoms with van der Waals surface area (Å²) in [5, 5.41) is 0. The first-order valence-corrected chi connectivity index (χ1v) is 14.3. The van der Waals surface area contributed by atoms with Crippen LogP contribution in [0.15, 0.2) is 71.8 Å². The predicted octanol–water partition coefficient (Wildman–Crippen LogP) is 9.24. The summed E-state index contributed by atoms with van der Waals surface area (Å²) in [5.41, 5.74) is 11.1. The molecule has 0 N–H and O–H groups in total. The molecule has 0 amide bonds. The van der Waals surface area contributed by atoms with Crippen LogP contribution in [0.1, 0.15) is 77.5 Å². The lowest BCUT2D eigenvalue weighted by molar-refractivity contribution is 0.306. The van der Waals surface area contributed by atoms with Gasteiger partial charge < -0.3 is 0 Å². The Morgan fingerprint density at radius 2 is 1.86 bits per heavy atom. The van der Waals surface area contributed by atoms with Gasteiger partial charge in [-0.05, 0) is 85.8 Å². The SMILES string of the molecule is CCC#C/C=C(\C)C(C)(C1=CCCC=C1)c1cc(B2CC(C)C(C)(C)C2)ccc1-c1ccc(C)cc1C. The maximum absolute atomic E-state index is 3.35. The zero-order chi connectivity index (χ0) is 26.8. The van der Waals surface area contributed by atoms with Crippen molar-refractivity contribution in [2.45, 2.75) is 92.7 Å². The van der Waals surface area contributed by atoms with Gasteiger partial charge in [-0.25, -0.2) is 0 Å². The summed E-state index contributed by atoms with van der Waals surface area (Å²) in [4.78, 5) is 0. The molecular formula is C36H45B. The summed E-state index contributed by atoms with van der Waals surface area (Å²) in [5.74, 6) is 7.36. The van der Waals surface area contributed by atoms with Gasteiger partial charge in [-0.2, -0.15) is 0 Å². The van der Waals surface area contributed by atoms with E-state index in [0.29, 0.717) is 12.1 Å². The lowest BCUT2D eigenvalue weighted by atomic mass is 9.42. The van der Waals surface area contributed by atoms with Gasteiger partial charge in [0, 0.05) is 11.8 Å². The Labute approximate surface area is 227 Å². The molecule has 2 aliphatic rings. The van der Waals surface area contributed by atoms with Gasteiger partial charge in [0.25, 0.3) is 0 Å². The Kier molecular flexibility index (Phi) is 8.09. The predicted molar refractivity (Wildman–Crippen MR) is 165 cm³/mol. The molecule has 37 heavy (non-hydrogen) atoms. The zero-order valence-corrected chi connectivity index (χ0v) is 24.5. The van der Waals surface area contributed by atoms with Gasteiger partial charge in [0.2, 0.25) is 0 Å².